The molecule has 0 unspecified atom stereocenters. The van der Waals surface area contributed by atoms with Crippen molar-refractivity contribution in [2.45, 2.75) is 37.8 Å². The molecular formula is C14H28N2+2. The fraction of sp³-hybridized carbons (Fsp3) is 0.714. The molecular weight excluding hydrogens is 196 g/mol. The molecule has 0 atom stereocenters. The minimum atomic E-state index is 0.746. The first-order chi connectivity index (χ1) is 7.61. The van der Waals surface area contributed by atoms with E-state index in [0.29, 0.717) is 0 Å². The van der Waals surface area contributed by atoms with Gasteiger partial charge in [-0.2, -0.15) is 0 Å². The molecule has 0 saturated carbocycles. The van der Waals surface area contributed by atoms with Crippen LogP contribution in [0.1, 0.15) is 25.7 Å². The van der Waals surface area contributed by atoms with E-state index in [9.17, 15) is 0 Å². The molecule has 2 N–H and O–H groups in total. The maximum absolute atomic E-state index is 2.38. The van der Waals surface area contributed by atoms with E-state index < -0.39 is 0 Å². The summed E-state index contributed by atoms with van der Waals surface area (Å²) >= 11 is 0. The van der Waals surface area contributed by atoms with Crippen LogP contribution in [0.2, 0.25) is 0 Å². The Balaban J connectivity index is 2.57. The Morgan fingerprint density at radius 1 is 0.625 bits per heavy atom. The average molecular weight is 224 g/mol. The first kappa shape index (κ1) is 13.5. The molecule has 16 heavy (non-hydrogen) atoms. The van der Waals surface area contributed by atoms with Crippen LogP contribution in [-0.2, 0) is 0 Å². The topological polar surface area (TPSA) is 8.88 Å². The second-order valence-corrected chi connectivity index (χ2v) is 5.43. The van der Waals surface area contributed by atoms with Gasteiger partial charge in [0, 0.05) is 25.7 Å². The van der Waals surface area contributed by atoms with Crippen molar-refractivity contribution in [2.75, 3.05) is 28.2 Å². The zero-order valence-electron chi connectivity index (χ0n) is 11.3. The second kappa shape index (κ2) is 6.87. The zero-order chi connectivity index (χ0) is 12.0. The number of rotatable bonds is 2. The summed E-state index contributed by atoms with van der Waals surface area (Å²) in [5.41, 5.74) is 0. The zero-order valence-corrected chi connectivity index (χ0v) is 11.3. The van der Waals surface area contributed by atoms with Gasteiger partial charge in [-0.3, -0.25) is 0 Å². The van der Waals surface area contributed by atoms with Gasteiger partial charge in [-0.1, -0.05) is 24.3 Å². The molecule has 92 valence electrons. The quantitative estimate of drug-likeness (QED) is 0.596. The smallest absolute Gasteiger partial charge is 0.0940 e. The van der Waals surface area contributed by atoms with Gasteiger partial charge in [0.25, 0.3) is 0 Å². The van der Waals surface area contributed by atoms with Gasteiger partial charge in [0.05, 0.1) is 40.3 Å². The number of quaternary nitrogens is 2. The van der Waals surface area contributed by atoms with E-state index in [4.69, 9.17) is 0 Å². The molecule has 0 fully saturated rings. The van der Waals surface area contributed by atoms with Gasteiger partial charge < -0.3 is 9.80 Å². The van der Waals surface area contributed by atoms with E-state index in [1.165, 1.54) is 25.7 Å². The number of hydrogen-bond donors (Lipinski definition) is 2. The van der Waals surface area contributed by atoms with Crippen LogP contribution in [0.25, 0.3) is 0 Å². The molecule has 1 rings (SSSR count). The van der Waals surface area contributed by atoms with Crippen molar-refractivity contribution in [3.8, 4) is 0 Å². The van der Waals surface area contributed by atoms with E-state index in [1.54, 1.807) is 9.80 Å². The summed E-state index contributed by atoms with van der Waals surface area (Å²) in [6, 6.07) is 1.49. The van der Waals surface area contributed by atoms with Crippen molar-refractivity contribution in [1.29, 1.82) is 0 Å². The fourth-order valence-corrected chi connectivity index (χ4v) is 2.18. The van der Waals surface area contributed by atoms with Gasteiger partial charge in [0.1, 0.15) is 0 Å². The molecule has 0 aromatic heterocycles. The van der Waals surface area contributed by atoms with Gasteiger partial charge in [-0.05, 0) is 0 Å². The van der Waals surface area contributed by atoms with E-state index in [0.717, 1.165) is 12.1 Å². The van der Waals surface area contributed by atoms with Gasteiger partial charge in [0.2, 0.25) is 0 Å². The predicted octanol–water partition coefficient (Wildman–Crippen LogP) is -0.301. The normalized spacial score (nSPS) is 27.6. The van der Waals surface area contributed by atoms with Gasteiger partial charge in [0.15, 0.2) is 0 Å². The minimum Gasteiger partial charge on any atom is -0.337 e. The molecule has 1 aliphatic carbocycles. The van der Waals surface area contributed by atoms with E-state index >= 15 is 0 Å². The highest BCUT2D eigenvalue weighted by atomic mass is 15.1. The highest BCUT2D eigenvalue weighted by Crippen LogP contribution is 2.05. The lowest BCUT2D eigenvalue weighted by molar-refractivity contribution is -0.885. The third kappa shape index (κ3) is 4.50. The highest BCUT2D eigenvalue weighted by molar-refractivity contribution is 4.94. The first-order valence-corrected chi connectivity index (χ1v) is 6.51. The highest BCUT2D eigenvalue weighted by Gasteiger charge is 2.15. The minimum absolute atomic E-state index is 0.746. The van der Waals surface area contributed by atoms with Crippen LogP contribution in [-0.4, -0.2) is 40.3 Å². The molecule has 0 heterocycles. The molecule has 0 bridgehead atoms. The van der Waals surface area contributed by atoms with Crippen molar-refractivity contribution in [3.63, 3.8) is 0 Å². The third-order valence-corrected chi connectivity index (χ3v) is 3.65. The van der Waals surface area contributed by atoms with Crippen molar-refractivity contribution >= 4 is 0 Å². The molecule has 2 heteroatoms. The Morgan fingerprint density at radius 2 is 0.875 bits per heavy atom. The predicted molar refractivity (Wildman–Crippen MR) is 69.9 cm³/mol. The Hall–Kier alpha value is -0.600. The maximum Gasteiger partial charge on any atom is 0.0940 e. The van der Waals surface area contributed by atoms with E-state index in [2.05, 4.69) is 52.5 Å². The molecule has 0 spiro atoms. The summed E-state index contributed by atoms with van der Waals surface area (Å²) in [6.45, 7) is 0. The lowest BCUT2D eigenvalue weighted by atomic mass is 10.0. The average Bonchev–Trinajstić information content (AvgIpc) is 2.24. The Morgan fingerprint density at radius 3 is 1.06 bits per heavy atom. The monoisotopic (exact) mass is 224 g/mol. The van der Waals surface area contributed by atoms with E-state index in [1.807, 2.05) is 0 Å². The van der Waals surface area contributed by atoms with Crippen LogP contribution in [0.4, 0.5) is 0 Å². The lowest BCUT2D eigenvalue weighted by Crippen LogP contribution is -3.10. The molecule has 0 saturated heterocycles. The van der Waals surface area contributed by atoms with Gasteiger partial charge in [-0.15, -0.1) is 0 Å². The summed E-state index contributed by atoms with van der Waals surface area (Å²) in [5, 5.41) is 0. The molecule has 0 aromatic carbocycles. The lowest BCUT2D eigenvalue weighted by Gasteiger charge is -2.21. The molecule has 0 radical (unpaired) electrons. The van der Waals surface area contributed by atoms with Crippen LogP contribution in [0.15, 0.2) is 24.3 Å². The Bertz CT molecular complexity index is 199. The summed E-state index contributed by atoms with van der Waals surface area (Å²) in [7, 11) is 9.02. The summed E-state index contributed by atoms with van der Waals surface area (Å²) < 4.78 is 0. The standard InChI is InChI=1S/C14H26N2/c1-15(2)13-9-5-7-11-14(16(3)4)12-8-6-10-13/h5-8,13-14H,9-12H2,1-4H3/p+2. The Labute approximate surface area is 101 Å². The molecule has 0 amide bonds. The van der Waals surface area contributed by atoms with Crippen LogP contribution >= 0.6 is 0 Å². The van der Waals surface area contributed by atoms with Crippen molar-refractivity contribution < 1.29 is 9.80 Å². The molecule has 0 aromatic rings. The van der Waals surface area contributed by atoms with Crippen LogP contribution in [0, 0.1) is 0 Å². The van der Waals surface area contributed by atoms with E-state index in [-0.39, 0.29) is 0 Å². The van der Waals surface area contributed by atoms with Gasteiger partial charge in [-0.25, -0.2) is 0 Å². The number of hydrogen-bond acceptors (Lipinski definition) is 0. The first-order valence-electron chi connectivity index (χ1n) is 6.51. The fourth-order valence-electron chi connectivity index (χ4n) is 2.18. The number of nitrogens with one attached hydrogen (secondary N) is 2. The Kier molecular flexibility index (Phi) is 5.78. The maximum atomic E-state index is 2.38. The van der Waals surface area contributed by atoms with Crippen LogP contribution in [0.5, 0.6) is 0 Å². The van der Waals surface area contributed by atoms with Crippen LogP contribution in [0.3, 0.4) is 0 Å². The van der Waals surface area contributed by atoms with Crippen LogP contribution < -0.4 is 9.80 Å². The van der Waals surface area contributed by atoms with Gasteiger partial charge >= 0.3 is 0 Å². The molecule has 0 aliphatic heterocycles. The summed E-state index contributed by atoms with van der Waals surface area (Å²) in [5.74, 6) is 0. The molecule has 1 aliphatic rings. The summed E-state index contributed by atoms with van der Waals surface area (Å²) in [6.07, 6.45) is 14.4. The van der Waals surface area contributed by atoms with Crippen molar-refractivity contribution in [1.82, 2.24) is 0 Å². The second-order valence-electron chi connectivity index (χ2n) is 5.43. The third-order valence-electron chi connectivity index (χ3n) is 3.65. The van der Waals surface area contributed by atoms with Crippen molar-refractivity contribution in [2.24, 2.45) is 0 Å². The SMILES string of the molecule is C[NH+](C)C1CC=CCC([NH+](C)C)CC=CC1. The molecule has 2 nitrogen and oxygen atoms in total. The summed E-state index contributed by atoms with van der Waals surface area (Å²) in [4.78, 5) is 3.12. The van der Waals surface area contributed by atoms with Crippen molar-refractivity contribution in [3.05, 3.63) is 24.3 Å². The largest absolute Gasteiger partial charge is 0.337 e.